The molecule has 2 saturated heterocycles. The molecule has 12 heteroatoms. The van der Waals surface area contributed by atoms with Crippen LogP contribution in [0.3, 0.4) is 0 Å². The second-order valence-corrected chi connectivity index (χ2v) is 9.81. The molecule has 38 heavy (non-hydrogen) atoms. The van der Waals surface area contributed by atoms with Crippen LogP contribution in [-0.4, -0.2) is 95.1 Å². The van der Waals surface area contributed by atoms with Crippen LogP contribution in [0.5, 0.6) is 0 Å². The Morgan fingerprint density at radius 2 is 1.50 bits per heavy atom. The molecule has 0 atom stereocenters. The number of anilines is 1. The van der Waals surface area contributed by atoms with Crippen LogP contribution in [-0.2, 0) is 6.18 Å². The number of nitrogens with zero attached hydrogens (tertiary/aromatic N) is 7. The van der Waals surface area contributed by atoms with Crippen LogP contribution >= 0.6 is 11.6 Å². The van der Waals surface area contributed by atoms with Gasteiger partial charge < -0.3 is 19.6 Å². The minimum absolute atomic E-state index is 0.0609. The molecular weight excluding hydrogens is 519 g/mol. The van der Waals surface area contributed by atoms with Crippen molar-refractivity contribution in [3.8, 4) is 22.5 Å². The van der Waals surface area contributed by atoms with E-state index >= 15 is 0 Å². The van der Waals surface area contributed by atoms with Crippen LogP contribution in [0.1, 0.15) is 5.56 Å². The lowest BCUT2D eigenvalue weighted by molar-refractivity contribution is -0.137. The minimum Gasteiger partial charge on any atom is -0.352 e. The number of hydrogen-bond donors (Lipinski definition) is 0. The summed E-state index contributed by atoms with van der Waals surface area (Å²) < 4.78 is 39.3. The molecular formula is C26H27ClF3N7O. The van der Waals surface area contributed by atoms with Crippen molar-refractivity contribution in [2.45, 2.75) is 6.18 Å². The van der Waals surface area contributed by atoms with E-state index in [1.54, 1.807) is 18.5 Å². The molecule has 3 aromatic rings. The summed E-state index contributed by atoms with van der Waals surface area (Å²) in [5.74, 6) is 0.607. The fourth-order valence-electron chi connectivity index (χ4n) is 4.64. The molecule has 5 rings (SSSR count). The molecule has 2 amide bonds. The molecule has 0 saturated carbocycles. The lowest BCUT2D eigenvalue weighted by Crippen LogP contribution is -2.56. The average molecular weight is 546 g/mol. The molecule has 8 nitrogen and oxygen atoms in total. The Bertz CT molecular complexity index is 1290. The Kier molecular flexibility index (Phi) is 7.40. The summed E-state index contributed by atoms with van der Waals surface area (Å²) in [5.41, 5.74) is 1.20. The number of urea groups is 1. The molecule has 2 fully saturated rings. The molecule has 0 bridgehead atoms. The van der Waals surface area contributed by atoms with Crippen LogP contribution in [0, 0.1) is 0 Å². The third-order valence-electron chi connectivity index (χ3n) is 6.92. The van der Waals surface area contributed by atoms with Crippen molar-refractivity contribution in [2.24, 2.45) is 0 Å². The smallest absolute Gasteiger partial charge is 0.352 e. The molecule has 0 unspecified atom stereocenters. The van der Waals surface area contributed by atoms with Crippen molar-refractivity contribution >= 4 is 23.4 Å². The summed E-state index contributed by atoms with van der Waals surface area (Å²) in [6, 6.07) is 6.59. The van der Waals surface area contributed by atoms with E-state index in [0.29, 0.717) is 59.5 Å². The second-order valence-electron chi connectivity index (χ2n) is 9.40. The monoisotopic (exact) mass is 545 g/mol. The van der Waals surface area contributed by atoms with E-state index < -0.39 is 11.7 Å². The van der Waals surface area contributed by atoms with Gasteiger partial charge in [0.05, 0.1) is 22.5 Å². The number of alkyl halides is 3. The fraction of sp³-hybridized carbons (Fsp3) is 0.385. The largest absolute Gasteiger partial charge is 0.416 e. The van der Waals surface area contributed by atoms with Crippen molar-refractivity contribution in [3.63, 3.8) is 0 Å². The van der Waals surface area contributed by atoms with E-state index in [2.05, 4.69) is 26.8 Å². The maximum absolute atomic E-state index is 13.1. The molecule has 2 aromatic heterocycles. The van der Waals surface area contributed by atoms with E-state index in [1.165, 1.54) is 18.3 Å². The van der Waals surface area contributed by atoms with Gasteiger partial charge in [0.2, 0.25) is 0 Å². The molecule has 4 heterocycles. The summed E-state index contributed by atoms with van der Waals surface area (Å²) in [7, 11) is 2.05. The SMILES string of the molecule is CN1CCN(C(=O)N2CCN(c3cnc(-c4ccc(C(F)(F)F)cc4)c(-c4ccncc4Cl)n3)CC2)CC1. The van der Waals surface area contributed by atoms with Crippen molar-refractivity contribution in [1.29, 1.82) is 0 Å². The number of likely N-dealkylation sites (N-methyl/N-ethyl adjacent to an activating group) is 1. The lowest BCUT2D eigenvalue weighted by Gasteiger charge is -2.40. The van der Waals surface area contributed by atoms with E-state index in [1.807, 2.05) is 9.80 Å². The molecule has 0 N–H and O–H groups in total. The average Bonchev–Trinajstić information content (AvgIpc) is 2.93. The van der Waals surface area contributed by atoms with Gasteiger partial charge in [0.15, 0.2) is 0 Å². The van der Waals surface area contributed by atoms with Gasteiger partial charge >= 0.3 is 12.2 Å². The van der Waals surface area contributed by atoms with Gasteiger partial charge in [-0.15, -0.1) is 0 Å². The first-order valence-electron chi connectivity index (χ1n) is 12.3. The number of aromatic nitrogens is 3. The number of benzene rings is 1. The van der Waals surface area contributed by atoms with Crippen molar-refractivity contribution in [2.75, 3.05) is 64.3 Å². The van der Waals surface area contributed by atoms with E-state index in [0.717, 1.165) is 38.3 Å². The van der Waals surface area contributed by atoms with Gasteiger partial charge in [-0.1, -0.05) is 23.7 Å². The van der Waals surface area contributed by atoms with Gasteiger partial charge in [-0.05, 0) is 25.2 Å². The summed E-state index contributed by atoms with van der Waals surface area (Å²) in [6.07, 6.45) is 0.252. The number of halogens is 4. The number of hydrogen-bond acceptors (Lipinski definition) is 6. The van der Waals surface area contributed by atoms with Gasteiger partial charge in [0.1, 0.15) is 11.5 Å². The number of piperazine rings is 2. The third kappa shape index (κ3) is 5.53. The Balaban J connectivity index is 1.39. The first-order chi connectivity index (χ1) is 18.2. The molecule has 2 aliphatic heterocycles. The van der Waals surface area contributed by atoms with Gasteiger partial charge in [-0.2, -0.15) is 13.2 Å². The first kappa shape index (κ1) is 26.2. The molecule has 0 radical (unpaired) electrons. The highest BCUT2D eigenvalue weighted by Crippen LogP contribution is 2.36. The Labute approximate surface area is 223 Å². The number of carbonyl (C=O) groups is 1. The van der Waals surface area contributed by atoms with Crippen molar-refractivity contribution < 1.29 is 18.0 Å². The van der Waals surface area contributed by atoms with E-state index in [9.17, 15) is 18.0 Å². The third-order valence-corrected chi connectivity index (χ3v) is 7.22. The quantitative estimate of drug-likeness (QED) is 0.487. The summed E-state index contributed by atoms with van der Waals surface area (Å²) >= 11 is 6.43. The predicted molar refractivity (Wildman–Crippen MR) is 139 cm³/mol. The topological polar surface area (TPSA) is 68.7 Å². The summed E-state index contributed by atoms with van der Waals surface area (Å²) in [4.78, 5) is 34.5. The van der Waals surface area contributed by atoms with Crippen LogP contribution in [0.25, 0.3) is 22.5 Å². The highest BCUT2D eigenvalue weighted by atomic mass is 35.5. The molecule has 0 spiro atoms. The van der Waals surface area contributed by atoms with Gasteiger partial charge in [-0.3, -0.25) is 9.97 Å². The number of rotatable bonds is 3. The molecule has 1 aromatic carbocycles. The van der Waals surface area contributed by atoms with Crippen LogP contribution in [0.2, 0.25) is 5.02 Å². The summed E-state index contributed by atoms with van der Waals surface area (Å²) in [5, 5.41) is 0.356. The normalized spacial score (nSPS) is 17.1. The zero-order valence-electron chi connectivity index (χ0n) is 20.8. The van der Waals surface area contributed by atoms with E-state index in [4.69, 9.17) is 16.6 Å². The molecule has 200 valence electrons. The maximum atomic E-state index is 13.1. The standard InChI is InChI=1S/C26H27ClF3N7O/c1-34-8-10-36(11-9-34)25(38)37-14-12-35(13-15-37)22-17-32-23(18-2-4-19(5-3-18)26(28,29)30)24(33-22)20-6-7-31-16-21(20)27/h2-7,16-17H,8-15H2,1H3. The van der Waals surface area contributed by atoms with Gasteiger partial charge in [-0.25, -0.2) is 9.78 Å². The van der Waals surface area contributed by atoms with Crippen LogP contribution in [0.4, 0.5) is 23.8 Å². The maximum Gasteiger partial charge on any atom is 0.416 e. The Hall–Kier alpha value is -3.44. The van der Waals surface area contributed by atoms with Crippen LogP contribution in [0.15, 0.2) is 48.9 Å². The van der Waals surface area contributed by atoms with Crippen molar-refractivity contribution in [3.05, 3.63) is 59.5 Å². The second kappa shape index (κ2) is 10.7. The van der Waals surface area contributed by atoms with Crippen molar-refractivity contribution in [1.82, 2.24) is 29.7 Å². The zero-order chi connectivity index (χ0) is 26.9. The highest BCUT2D eigenvalue weighted by molar-refractivity contribution is 6.33. The van der Waals surface area contributed by atoms with Crippen LogP contribution < -0.4 is 4.90 Å². The molecule has 0 aliphatic carbocycles. The van der Waals surface area contributed by atoms with Gasteiger partial charge in [0.25, 0.3) is 0 Å². The number of carbonyl (C=O) groups excluding carboxylic acids is 1. The Morgan fingerprint density at radius 1 is 0.868 bits per heavy atom. The Morgan fingerprint density at radius 3 is 2.11 bits per heavy atom. The highest BCUT2D eigenvalue weighted by Gasteiger charge is 2.31. The number of pyridine rings is 1. The zero-order valence-corrected chi connectivity index (χ0v) is 21.6. The number of amides is 2. The van der Waals surface area contributed by atoms with E-state index in [-0.39, 0.29) is 6.03 Å². The van der Waals surface area contributed by atoms with Gasteiger partial charge in [0, 0.05) is 75.9 Å². The lowest BCUT2D eigenvalue weighted by atomic mass is 10.0. The molecule has 2 aliphatic rings. The first-order valence-corrected chi connectivity index (χ1v) is 12.7. The minimum atomic E-state index is -4.43. The summed E-state index contributed by atoms with van der Waals surface area (Å²) in [6.45, 7) is 5.46. The predicted octanol–water partition coefficient (Wildman–Crippen LogP) is 4.37. The fourth-order valence-corrected chi connectivity index (χ4v) is 4.85.